The Morgan fingerprint density at radius 3 is 1.26 bits per heavy atom. The van der Waals surface area contributed by atoms with Crippen molar-refractivity contribution in [1.82, 2.24) is 4.90 Å². The summed E-state index contributed by atoms with van der Waals surface area (Å²) in [6.45, 7) is 17.6. The minimum Gasteiger partial charge on any atom is -0.491 e. The number of nitrogens with zero attached hydrogens (tertiary/aromatic N) is 1. The van der Waals surface area contributed by atoms with E-state index in [2.05, 4.69) is 19.1 Å². The maximum Gasteiger partial charge on any atom is 0.410 e. The van der Waals surface area contributed by atoms with Crippen LogP contribution in [0.5, 0.6) is 5.75 Å². The van der Waals surface area contributed by atoms with Crippen molar-refractivity contribution in [2.45, 2.75) is 78.2 Å². The monoisotopic (exact) mass is 760 g/mol. The summed E-state index contributed by atoms with van der Waals surface area (Å²) in [5, 5.41) is 0. The highest BCUT2D eigenvalue weighted by Crippen LogP contribution is 2.15. The van der Waals surface area contributed by atoms with E-state index in [-0.39, 0.29) is 6.09 Å². The molecule has 310 valence electrons. The first-order valence-electron chi connectivity index (χ1n) is 19.7. The maximum absolute atomic E-state index is 11.9. The molecule has 13 nitrogen and oxygen atoms in total. The van der Waals surface area contributed by atoms with Crippen LogP contribution >= 0.6 is 0 Å². The Bertz CT molecular complexity index is 931. The van der Waals surface area contributed by atoms with Crippen LogP contribution in [0.25, 0.3) is 0 Å². The van der Waals surface area contributed by atoms with Gasteiger partial charge in [-0.3, -0.25) is 0 Å². The second-order valence-corrected chi connectivity index (χ2v) is 13.4. The predicted molar refractivity (Wildman–Crippen MR) is 205 cm³/mol. The molecular weight excluding hydrogens is 686 g/mol. The Labute approximate surface area is 320 Å². The Balaban J connectivity index is 1.71. The zero-order chi connectivity index (χ0) is 38.5. The van der Waals surface area contributed by atoms with Crippen LogP contribution in [0.1, 0.15) is 71.8 Å². The van der Waals surface area contributed by atoms with E-state index in [4.69, 9.17) is 52.1 Å². The van der Waals surface area contributed by atoms with Crippen molar-refractivity contribution in [3.05, 3.63) is 29.8 Å². The van der Waals surface area contributed by atoms with Gasteiger partial charge >= 0.3 is 6.09 Å². The van der Waals surface area contributed by atoms with Gasteiger partial charge in [-0.05, 0) is 51.3 Å². The molecule has 0 radical (unpaired) electrons. The van der Waals surface area contributed by atoms with Gasteiger partial charge in [-0.2, -0.15) is 0 Å². The summed E-state index contributed by atoms with van der Waals surface area (Å²) in [5.41, 5.74) is 0.865. The van der Waals surface area contributed by atoms with Crippen molar-refractivity contribution in [1.29, 1.82) is 0 Å². The van der Waals surface area contributed by atoms with Crippen molar-refractivity contribution >= 4 is 6.09 Å². The van der Waals surface area contributed by atoms with E-state index in [1.54, 1.807) is 7.05 Å². The number of benzene rings is 1. The molecule has 0 heterocycles. The van der Waals surface area contributed by atoms with Crippen LogP contribution in [-0.2, 0) is 53.8 Å². The first-order valence-corrected chi connectivity index (χ1v) is 19.7. The van der Waals surface area contributed by atoms with Crippen LogP contribution in [0, 0.1) is 0 Å². The van der Waals surface area contributed by atoms with Crippen molar-refractivity contribution in [2.75, 3.05) is 139 Å². The smallest absolute Gasteiger partial charge is 0.410 e. The fraction of sp³-hybridized carbons (Fsp3) is 0.825. The van der Waals surface area contributed by atoms with Gasteiger partial charge in [0.15, 0.2) is 0 Å². The number of carbonyl (C=O) groups excluding carboxylic acids is 1. The molecule has 0 fully saturated rings. The molecule has 0 saturated heterocycles. The summed E-state index contributed by atoms with van der Waals surface area (Å²) >= 11 is 0. The molecule has 0 atom stereocenters. The molecular formula is C40H73NO12. The number of aryl methyl sites for hydroxylation is 1. The molecule has 0 spiro atoms. The third-order valence-electron chi connectivity index (χ3n) is 7.49. The highest BCUT2D eigenvalue weighted by molar-refractivity contribution is 5.67. The number of carbonyl (C=O) groups is 1. The fourth-order valence-corrected chi connectivity index (χ4v) is 4.57. The largest absolute Gasteiger partial charge is 0.491 e. The summed E-state index contributed by atoms with van der Waals surface area (Å²) in [5.74, 6) is 0.882. The summed E-state index contributed by atoms with van der Waals surface area (Å²) in [6.07, 6.45) is 8.71. The van der Waals surface area contributed by atoms with E-state index >= 15 is 0 Å². The normalized spacial score (nSPS) is 11.6. The quantitative estimate of drug-likeness (QED) is 0.0738. The number of hydrogen-bond acceptors (Lipinski definition) is 12. The molecule has 0 aliphatic carbocycles. The SMILES string of the molecule is CCCCCCCCc1ccc(OCCOCCOCCOCCOCCOCCOCCOCCOCCOCCN(C)C(=O)OC(C)(C)C)cc1. The number of rotatable bonds is 38. The number of ether oxygens (including phenoxy) is 11. The van der Waals surface area contributed by atoms with Crippen LogP contribution in [-0.4, -0.2) is 156 Å². The van der Waals surface area contributed by atoms with Gasteiger partial charge in [0.05, 0.1) is 119 Å². The molecule has 1 aromatic rings. The van der Waals surface area contributed by atoms with Gasteiger partial charge in [0.1, 0.15) is 18.0 Å². The zero-order valence-electron chi connectivity index (χ0n) is 33.7. The standard InChI is InChI=1S/C40H73NO12/c1-6-7-8-9-10-11-12-37-13-15-38(16-14-37)52-36-35-51-34-33-50-32-31-49-30-29-48-28-27-47-26-25-46-24-23-45-22-21-44-20-19-43-18-17-41(5)39(42)53-40(2,3)4/h13-16H,6-12,17-36H2,1-5H3. The van der Waals surface area contributed by atoms with Gasteiger partial charge in [-0.25, -0.2) is 4.79 Å². The van der Waals surface area contributed by atoms with E-state index in [0.29, 0.717) is 132 Å². The molecule has 0 aromatic heterocycles. The third-order valence-corrected chi connectivity index (χ3v) is 7.49. The van der Waals surface area contributed by atoms with Crippen LogP contribution in [0.4, 0.5) is 4.79 Å². The lowest BCUT2D eigenvalue weighted by Gasteiger charge is -2.24. The van der Waals surface area contributed by atoms with Crippen LogP contribution in [0.3, 0.4) is 0 Å². The molecule has 1 amide bonds. The van der Waals surface area contributed by atoms with Crippen molar-refractivity contribution in [3.8, 4) is 5.75 Å². The lowest BCUT2D eigenvalue weighted by Crippen LogP contribution is -2.36. The highest BCUT2D eigenvalue weighted by Gasteiger charge is 2.19. The zero-order valence-corrected chi connectivity index (χ0v) is 33.7. The van der Waals surface area contributed by atoms with Crippen molar-refractivity contribution < 1.29 is 56.9 Å². The number of hydrogen-bond donors (Lipinski definition) is 0. The summed E-state index contributed by atoms with van der Waals surface area (Å²) in [4.78, 5) is 13.4. The van der Waals surface area contributed by atoms with Gasteiger partial charge in [0.2, 0.25) is 0 Å². The molecule has 0 aliphatic heterocycles. The average Bonchev–Trinajstić information content (AvgIpc) is 3.13. The molecule has 1 aromatic carbocycles. The van der Waals surface area contributed by atoms with E-state index in [1.807, 2.05) is 32.9 Å². The van der Waals surface area contributed by atoms with E-state index in [1.165, 1.54) is 49.0 Å². The van der Waals surface area contributed by atoms with Crippen LogP contribution < -0.4 is 4.74 Å². The summed E-state index contributed by atoms with van der Waals surface area (Å²) in [7, 11) is 1.68. The Hall–Kier alpha value is -2.07. The van der Waals surface area contributed by atoms with Gasteiger partial charge in [0, 0.05) is 13.6 Å². The van der Waals surface area contributed by atoms with E-state index < -0.39 is 5.60 Å². The van der Waals surface area contributed by atoms with Gasteiger partial charge in [-0.1, -0.05) is 51.2 Å². The molecule has 0 unspecified atom stereocenters. The summed E-state index contributed by atoms with van der Waals surface area (Å²) < 4.78 is 60.7. The molecule has 13 heteroatoms. The molecule has 0 bridgehead atoms. The van der Waals surface area contributed by atoms with E-state index in [0.717, 1.165) is 12.2 Å². The Kier molecular flexibility index (Phi) is 32.9. The van der Waals surface area contributed by atoms with Crippen molar-refractivity contribution in [3.63, 3.8) is 0 Å². The first kappa shape index (κ1) is 48.9. The molecule has 53 heavy (non-hydrogen) atoms. The molecule has 0 saturated carbocycles. The minimum atomic E-state index is -0.510. The lowest BCUT2D eigenvalue weighted by atomic mass is 10.0. The lowest BCUT2D eigenvalue weighted by molar-refractivity contribution is -0.0257. The van der Waals surface area contributed by atoms with Crippen LogP contribution in [0.15, 0.2) is 24.3 Å². The summed E-state index contributed by atoms with van der Waals surface area (Å²) in [6, 6.07) is 8.43. The first-order chi connectivity index (χ1) is 25.8. The molecule has 1 rings (SSSR count). The van der Waals surface area contributed by atoms with Crippen molar-refractivity contribution in [2.24, 2.45) is 0 Å². The third kappa shape index (κ3) is 34.2. The molecule has 0 aliphatic rings. The van der Waals surface area contributed by atoms with Gasteiger partial charge in [0.25, 0.3) is 0 Å². The number of unbranched alkanes of at least 4 members (excludes halogenated alkanes) is 5. The van der Waals surface area contributed by atoms with Gasteiger partial charge in [-0.15, -0.1) is 0 Å². The Morgan fingerprint density at radius 2 is 0.868 bits per heavy atom. The maximum atomic E-state index is 11.9. The topological polar surface area (TPSA) is 122 Å². The second-order valence-electron chi connectivity index (χ2n) is 13.4. The molecule has 0 N–H and O–H groups in total. The number of amides is 1. The fourth-order valence-electron chi connectivity index (χ4n) is 4.57. The van der Waals surface area contributed by atoms with E-state index in [9.17, 15) is 4.79 Å². The second kappa shape index (κ2) is 35.6. The number of likely N-dealkylation sites (N-methyl/N-ethyl adjacent to an activating group) is 1. The minimum absolute atomic E-state index is 0.362. The van der Waals surface area contributed by atoms with Crippen LogP contribution in [0.2, 0.25) is 0 Å². The predicted octanol–water partition coefficient (Wildman–Crippen LogP) is 5.98. The average molecular weight is 760 g/mol. The van der Waals surface area contributed by atoms with Gasteiger partial charge < -0.3 is 57.0 Å². The highest BCUT2D eigenvalue weighted by atomic mass is 16.6. The Morgan fingerprint density at radius 1 is 0.509 bits per heavy atom.